The summed E-state index contributed by atoms with van der Waals surface area (Å²) in [6.45, 7) is 1.07. The van der Waals surface area contributed by atoms with Crippen molar-refractivity contribution >= 4 is 23.4 Å². The number of aryl methyl sites for hydroxylation is 1. The predicted octanol–water partition coefficient (Wildman–Crippen LogP) is 4.85. The number of hydrogen-bond donors (Lipinski definition) is 0. The number of benzene rings is 3. The van der Waals surface area contributed by atoms with Crippen molar-refractivity contribution in [3.63, 3.8) is 0 Å². The third-order valence-electron chi connectivity index (χ3n) is 6.21. The SMILES string of the molecule is O=C(CSc1nnc([C@H]2COc3ccccc3O2)n1-c1ccccc1)N1CCCc2ccccc21. The number of nitrogens with zero attached hydrogens (tertiary/aromatic N) is 4. The van der Waals surface area contributed by atoms with Crippen molar-refractivity contribution in [2.75, 3.05) is 23.8 Å². The number of rotatable bonds is 5. The summed E-state index contributed by atoms with van der Waals surface area (Å²) >= 11 is 1.39. The van der Waals surface area contributed by atoms with Gasteiger partial charge in [0.2, 0.25) is 5.91 Å². The van der Waals surface area contributed by atoms with Crippen molar-refractivity contribution in [1.29, 1.82) is 0 Å². The summed E-state index contributed by atoms with van der Waals surface area (Å²) in [6.07, 6.45) is 1.56. The summed E-state index contributed by atoms with van der Waals surface area (Å²) in [6, 6.07) is 25.6. The van der Waals surface area contributed by atoms with Crippen LogP contribution in [0.1, 0.15) is 23.9 Å². The highest BCUT2D eigenvalue weighted by molar-refractivity contribution is 7.99. The molecule has 0 saturated carbocycles. The molecule has 4 aromatic rings. The molecule has 3 aromatic carbocycles. The maximum atomic E-state index is 13.2. The van der Waals surface area contributed by atoms with Crippen molar-refractivity contribution < 1.29 is 14.3 Å². The lowest BCUT2D eigenvalue weighted by molar-refractivity contribution is -0.116. The minimum Gasteiger partial charge on any atom is -0.485 e. The van der Waals surface area contributed by atoms with E-state index >= 15 is 0 Å². The quantitative estimate of drug-likeness (QED) is 0.377. The topological polar surface area (TPSA) is 69.5 Å². The zero-order valence-electron chi connectivity index (χ0n) is 19.0. The van der Waals surface area contributed by atoms with Crippen LogP contribution < -0.4 is 14.4 Å². The number of carbonyl (C=O) groups is 1. The van der Waals surface area contributed by atoms with Crippen LogP contribution in [0.4, 0.5) is 5.69 Å². The Kier molecular flexibility index (Phi) is 5.88. The first-order valence-corrected chi connectivity index (χ1v) is 12.7. The molecule has 3 heterocycles. The number of para-hydroxylation sites is 4. The molecule has 35 heavy (non-hydrogen) atoms. The third-order valence-corrected chi connectivity index (χ3v) is 7.12. The van der Waals surface area contributed by atoms with Gasteiger partial charge in [-0.05, 0) is 48.7 Å². The molecule has 2 aliphatic heterocycles. The second-order valence-electron chi connectivity index (χ2n) is 8.44. The normalized spacial score (nSPS) is 16.6. The number of hydrogen-bond acceptors (Lipinski definition) is 6. The average Bonchev–Trinajstić information content (AvgIpc) is 3.35. The van der Waals surface area contributed by atoms with Crippen LogP contribution in [-0.4, -0.2) is 39.6 Å². The summed E-state index contributed by atoms with van der Waals surface area (Å²) in [4.78, 5) is 15.1. The Morgan fingerprint density at radius 2 is 1.71 bits per heavy atom. The fraction of sp³-hybridized carbons (Fsp3) is 0.222. The molecule has 1 atom stereocenters. The van der Waals surface area contributed by atoms with Gasteiger partial charge in [0.1, 0.15) is 6.61 Å². The van der Waals surface area contributed by atoms with Crippen LogP contribution in [0, 0.1) is 0 Å². The van der Waals surface area contributed by atoms with Gasteiger partial charge in [-0.1, -0.05) is 60.3 Å². The highest BCUT2D eigenvalue weighted by atomic mass is 32.2. The Labute approximate surface area is 207 Å². The van der Waals surface area contributed by atoms with Crippen molar-refractivity contribution in [2.24, 2.45) is 0 Å². The van der Waals surface area contributed by atoms with Crippen LogP contribution in [0.15, 0.2) is 84.0 Å². The molecule has 7 nitrogen and oxygen atoms in total. The lowest BCUT2D eigenvalue weighted by Gasteiger charge is -2.29. The Bertz CT molecular complexity index is 1360. The van der Waals surface area contributed by atoms with E-state index in [0.717, 1.165) is 36.5 Å². The van der Waals surface area contributed by atoms with Gasteiger partial charge in [0.05, 0.1) is 5.75 Å². The molecule has 6 rings (SSSR count). The van der Waals surface area contributed by atoms with Gasteiger partial charge >= 0.3 is 0 Å². The van der Waals surface area contributed by atoms with E-state index in [-0.39, 0.29) is 11.7 Å². The second kappa shape index (κ2) is 9.46. The molecule has 0 radical (unpaired) electrons. The Morgan fingerprint density at radius 3 is 2.60 bits per heavy atom. The zero-order chi connectivity index (χ0) is 23.6. The minimum absolute atomic E-state index is 0.0671. The maximum Gasteiger partial charge on any atom is 0.237 e. The molecule has 1 aromatic heterocycles. The van der Waals surface area contributed by atoms with Crippen LogP contribution in [0.5, 0.6) is 11.5 Å². The molecular weight excluding hydrogens is 460 g/mol. The Morgan fingerprint density at radius 1 is 0.943 bits per heavy atom. The number of fused-ring (bicyclic) bond motifs is 2. The molecule has 0 spiro atoms. The van der Waals surface area contributed by atoms with Gasteiger partial charge in [0.15, 0.2) is 28.6 Å². The van der Waals surface area contributed by atoms with Crippen molar-refractivity contribution in [3.05, 3.63) is 90.3 Å². The van der Waals surface area contributed by atoms with Crippen molar-refractivity contribution in [1.82, 2.24) is 14.8 Å². The van der Waals surface area contributed by atoms with E-state index in [1.54, 1.807) is 0 Å². The standard InChI is InChI=1S/C27H24N4O3S/c32-25(30-16-8-10-19-9-4-5-13-21(19)30)18-35-27-29-28-26(31(27)20-11-2-1-3-12-20)24-17-33-22-14-6-7-15-23(22)34-24/h1-7,9,11-15,24H,8,10,16-18H2/t24-/m1/s1. The van der Waals surface area contributed by atoms with Gasteiger partial charge < -0.3 is 14.4 Å². The molecule has 0 fully saturated rings. The molecule has 176 valence electrons. The summed E-state index contributed by atoms with van der Waals surface area (Å²) in [5.41, 5.74) is 3.15. The van der Waals surface area contributed by atoms with Gasteiger partial charge in [-0.3, -0.25) is 9.36 Å². The van der Waals surface area contributed by atoms with Gasteiger partial charge in [0, 0.05) is 17.9 Å². The zero-order valence-corrected chi connectivity index (χ0v) is 19.9. The molecule has 0 unspecified atom stereocenters. The first-order valence-electron chi connectivity index (χ1n) is 11.7. The van der Waals surface area contributed by atoms with E-state index in [1.807, 2.05) is 82.3 Å². The highest BCUT2D eigenvalue weighted by Crippen LogP contribution is 2.37. The van der Waals surface area contributed by atoms with Gasteiger partial charge in [-0.25, -0.2) is 0 Å². The van der Waals surface area contributed by atoms with Crippen LogP contribution in [0.25, 0.3) is 5.69 Å². The van der Waals surface area contributed by atoms with Crippen molar-refractivity contribution in [3.8, 4) is 17.2 Å². The van der Waals surface area contributed by atoms with Crippen molar-refractivity contribution in [2.45, 2.75) is 24.1 Å². The van der Waals surface area contributed by atoms with E-state index < -0.39 is 6.10 Å². The fourth-order valence-corrected chi connectivity index (χ4v) is 5.38. The largest absolute Gasteiger partial charge is 0.485 e. The first-order chi connectivity index (χ1) is 17.3. The fourth-order valence-electron chi connectivity index (χ4n) is 4.55. The summed E-state index contributed by atoms with van der Waals surface area (Å²) < 4.78 is 14.1. The van der Waals surface area contributed by atoms with Gasteiger partial charge in [0.25, 0.3) is 0 Å². The molecule has 2 aliphatic rings. The Balaban J connectivity index is 1.27. The molecule has 0 N–H and O–H groups in total. The van der Waals surface area contributed by atoms with E-state index in [9.17, 15) is 4.79 Å². The summed E-state index contributed by atoms with van der Waals surface area (Å²) in [5, 5.41) is 9.58. The van der Waals surface area contributed by atoms with E-state index in [4.69, 9.17) is 9.47 Å². The summed E-state index contributed by atoms with van der Waals surface area (Å²) in [5.74, 6) is 2.38. The lowest BCUT2D eigenvalue weighted by atomic mass is 10.0. The molecule has 0 aliphatic carbocycles. The molecule has 0 saturated heterocycles. The molecule has 8 heteroatoms. The number of carbonyl (C=O) groups excluding carboxylic acids is 1. The monoisotopic (exact) mass is 484 g/mol. The van der Waals surface area contributed by atoms with E-state index in [2.05, 4.69) is 16.3 Å². The molecular formula is C27H24N4O3S. The first kappa shape index (κ1) is 21.7. The number of thioether (sulfide) groups is 1. The van der Waals surface area contributed by atoms with Crippen LogP contribution in [0.3, 0.4) is 0 Å². The van der Waals surface area contributed by atoms with Gasteiger partial charge in [-0.15, -0.1) is 10.2 Å². The number of anilines is 1. The Hall–Kier alpha value is -3.78. The molecule has 0 bridgehead atoms. The van der Waals surface area contributed by atoms with E-state index in [1.165, 1.54) is 17.3 Å². The minimum atomic E-state index is -0.420. The average molecular weight is 485 g/mol. The van der Waals surface area contributed by atoms with Gasteiger partial charge in [-0.2, -0.15) is 0 Å². The van der Waals surface area contributed by atoms with Crippen LogP contribution in [-0.2, 0) is 11.2 Å². The van der Waals surface area contributed by atoms with Crippen LogP contribution in [0.2, 0.25) is 0 Å². The number of ether oxygens (including phenoxy) is 2. The van der Waals surface area contributed by atoms with E-state index in [0.29, 0.717) is 23.3 Å². The highest BCUT2D eigenvalue weighted by Gasteiger charge is 2.30. The van der Waals surface area contributed by atoms with Crippen LogP contribution >= 0.6 is 11.8 Å². The summed E-state index contributed by atoms with van der Waals surface area (Å²) in [7, 11) is 0. The third kappa shape index (κ3) is 4.25. The number of aromatic nitrogens is 3. The second-order valence-corrected chi connectivity index (χ2v) is 9.38. The smallest absolute Gasteiger partial charge is 0.237 e. The lowest BCUT2D eigenvalue weighted by Crippen LogP contribution is -2.36. The number of amides is 1. The maximum absolute atomic E-state index is 13.2. The predicted molar refractivity (Wildman–Crippen MR) is 135 cm³/mol. The molecule has 1 amide bonds.